The molecule has 4 nitrogen and oxygen atoms in total. The number of halogens is 3. The number of ether oxygens (including phenoxy) is 1. The Morgan fingerprint density at radius 1 is 1.17 bits per heavy atom. The first kappa shape index (κ1) is 18.7. The molecule has 0 aromatic heterocycles. The van der Waals surface area contributed by atoms with Crippen molar-refractivity contribution in [3.63, 3.8) is 0 Å². The first-order valence-corrected chi connectivity index (χ1v) is 8.09. The lowest BCUT2D eigenvalue weighted by atomic mass is 10.00. The lowest BCUT2D eigenvalue weighted by molar-refractivity contribution is -0.137. The van der Waals surface area contributed by atoms with Crippen molar-refractivity contribution in [1.82, 2.24) is 5.32 Å². The molecule has 0 aliphatic carbocycles. The van der Waals surface area contributed by atoms with Gasteiger partial charge < -0.3 is 15.4 Å². The molecule has 0 bridgehead atoms. The van der Waals surface area contributed by atoms with E-state index in [1.807, 2.05) is 13.8 Å². The van der Waals surface area contributed by atoms with Crippen LogP contribution in [0.25, 0.3) is 0 Å². The van der Waals surface area contributed by atoms with E-state index < -0.39 is 17.8 Å². The van der Waals surface area contributed by atoms with Gasteiger partial charge in [-0.2, -0.15) is 13.2 Å². The predicted octanol–water partition coefficient (Wildman–Crippen LogP) is 3.44. The lowest BCUT2D eigenvalue weighted by Gasteiger charge is -2.30. The third-order valence-corrected chi connectivity index (χ3v) is 4.07. The van der Waals surface area contributed by atoms with Gasteiger partial charge in [-0.25, -0.2) is 0 Å². The monoisotopic (exact) mass is 344 g/mol. The molecule has 0 unspecified atom stereocenters. The average Bonchev–Trinajstić information content (AvgIpc) is 2.53. The molecule has 24 heavy (non-hydrogen) atoms. The van der Waals surface area contributed by atoms with Crippen LogP contribution in [0.15, 0.2) is 24.3 Å². The van der Waals surface area contributed by atoms with Gasteiger partial charge in [-0.05, 0) is 43.0 Å². The van der Waals surface area contributed by atoms with Crippen LogP contribution in [0.5, 0.6) is 0 Å². The maximum atomic E-state index is 12.6. The third-order valence-electron chi connectivity index (χ3n) is 4.07. The summed E-state index contributed by atoms with van der Waals surface area (Å²) in [5.41, 5.74) is -0.381. The van der Waals surface area contributed by atoms with Gasteiger partial charge in [-0.1, -0.05) is 13.8 Å². The van der Waals surface area contributed by atoms with Crippen LogP contribution in [-0.4, -0.2) is 31.2 Å². The molecule has 2 rings (SSSR count). The minimum Gasteiger partial charge on any atom is -0.381 e. The summed E-state index contributed by atoms with van der Waals surface area (Å²) in [6.07, 6.45) is -2.69. The summed E-state index contributed by atoms with van der Waals surface area (Å²) in [6.45, 7) is 5.21. The van der Waals surface area contributed by atoms with Crippen molar-refractivity contribution >= 4 is 11.6 Å². The third kappa shape index (κ3) is 5.21. The van der Waals surface area contributed by atoms with Crippen LogP contribution in [0, 0.1) is 5.92 Å². The van der Waals surface area contributed by atoms with E-state index in [4.69, 9.17) is 4.74 Å². The quantitative estimate of drug-likeness (QED) is 0.860. The molecule has 134 valence electrons. The number of alkyl halides is 3. The molecule has 1 aliphatic heterocycles. The fourth-order valence-corrected chi connectivity index (χ4v) is 2.65. The molecule has 0 spiro atoms. The zero-order valence-electron chi connectivity index (χ0n) is 13.8. The Balaban J connectivity index is 1.99. The molecule has 1 fully saturated rings. The summed E-state index contributed by atoms with van der Waals surface area (Å²) in [5.74, 6) is -0.182. The van der Waals surface area contributed by atoms with Crippen molar-refractivity contribution in [2.45, 2.75) is 44.9 Å². The van der Waals surface area contributed by atoms with Crippen molar-refractivity contribution in [3.05, 3.63) is 29.8 Å². The topological polar surface area (TPSA) is 50.4 Å². The molecule has 7 heteroatoms. The Bertz CT molecular complexity index is 538. The Hall–Kier alpha value is -1.60. The largest absolute Gasteiger partial charge is 0.416 e. The summed E-state index contributed by atoms with van der Waals surface area (Å²) in [5, 5.41) is 6.03. The normalized spacial score (nSPS) is 17.8. The SMILES string of the molecule is CC(C)[C@H](NC1CCOCC1)C(=O)Nc1ccc(C(F)(F)F)cc1. The second kappa shape index (κ2) is 7.98. The van der Waals surface area contributed by atoms with E-state index in [-0.39, 0.29) is 17.9 Å². The molecule has 1 aliphatic rings. The van der Waals surface area contributed by atoms with Crippen LogP contribution in [0.1, 0.15) is 32.3 Å². The molecule has 1 atom stereocenters. The van der Waals surface area contributed by atoms with Gasteiger partial charge in [-0.3, -0.25) is 4.79 Å². The fraction of sp³-hybridized carbons (Fsp3) is 0.588. The molecule has 1 saturated heterocycles. The molecule has 1 amide bonds. The van der Waals surface area contributed by atoms with E-state index in [2.05, 4.69) is 10.6 Å². The fourth-order valence-electron chi connectivity index (χ4n) is 2.65. The number of nitrogens with one attached hydrogen (secondary N) is 2. The highest BCUT2D eigenvalue weighted by molar-refractivity contribution is 5.95. The number of anilines is 1. The molecule has 1 heterocycles. The molecule has 1 aromatic rings. The van der Waals surface area contributed by atoms with Gasteiger partial charge in [0.15, 0.2) is 0 Å². The molecule has 0 saturated carbocycles. The highest BCUT2D eigenvalue weighted by atomic mass is 19.4. The van der Waals surface area contributed by atoms with Crippen LogP contribution >= 0.6 is 0 Å². The van der Waals surface area contributed by atoms with E-state index >= 15 is 0 Å². The molecular formula is C17H23F3N2O2. The first-order chi connectivity index (χ1) is 11.3. The molecular weight excluding hydrogens is 321 g/mol. The van der Waals surface area contributed by atoms with Crippen LogP contribution in [0.3, 0.4) is 0 Å². The smallest absolute Gasteiger partial charge is 0.381 e. The molecule has 1 aromatic carbocycles. The summed E-state index contributed by atoms with van der Waals surface area (Å²) < 4.78 is 43.0. The van der Waals surface area contributed by atoms with Crippen LogP contribution < -0.4 is 10.6 Å². The van der Waals surface area contributed by atoms with Gasteiger partial charge >= 0.3 is 6.18 Å². The number of hydrogen-bond donors (Lipinski definition) is 2. The van der Waals surface area contributed by atoms with E-state index in [1.165, 1.54) is 12.1 Å². The van der Waals surface area contributed by atoms with Crippen molar-refractivity contribution in [3.8, 4) is 0 Å². The Kier molecular flexibility index (Phi) is 6.23. The van der Waals surface area contributed by atoms with E-state index in [0.717, 1.165) is 25.0 Å². The van der Waals surface area contributed by atoms with Crippen molar-refractivity contribution < 1.29 is 22.7 Å². The number of amides is 1. The zero-order chi connectivity index (χ0) is 17.7. The summed E-state index contributed by atoms with van der Waals surface area (Å²) >= 11 is 0. The number of hydrogen-bond acceptors (Lipinski definition) is 3. The van der Waals surface area contributed by atoms with E-state index in [1.54, 1.807) is 0 Å². The van der Waals surface area contributed by atoms with Crippen molar-refractivity contribution in [2.75, 3.05) is 18.5 Å². The number of carbonyl (C=O) groups is 1. The maximum Gasteiger partial charge on any atom is 0.416 e. The second-order valence-electron chi connectivity index (χ2n) is 6.34. The van der Waals surface area contributed by atoms with E-state index in [9.17, 15) is 18.0 Å². The van der Waals surface area contributed by atoms with Crippen LogP contribution in [0.2, 0.25) is 0 Å². The predicted molar refractivity (Wildman–Crippen MR) is 85.7 cm³/mol. The maximum absolute atomic E-state index is 12.6. The summed E-state index contributed by atoms with van der Waals surface area (Å²) in [6, 6.07) is 4.27. The summed E-state index contributed by atoms with van der Waals surface area (Å²) in [4.78, 5) is 12.5. The average molecular weight is 344 g/mol. The molecule has 2 N–H and O–H groups in total. The van der Waals surface area contributed by atoms with Gasteiger partial charge in [0.05, 0.1) is 11.6 Å². The van der Waals surface area contributed by atoms with Gasteiger partial charge in [-0.15, -0.1) is 0 Å². The van der Waals surface area contributed by atoms with Gasteiger partial charge in [0.2, 0.25) is 5.91 Å². The van der Waals surface area contributed by atoms with Crippen LogP contribution in [0.4, 0.5) is 18.9 Å². The highest BCUT2D eigenvalue weighted by Gasteiger charge is 2.30. The zero-order valence-corrected chi connectivity index (χ0v) is 13.8. The standard InChI is InChI=1S/C17H23F3N2O2/c1-11(2)15(21-14-7-9-24-10-8-14)16(23)22-13-5-3-12(4-6-13)17(18,19)20/h3-6,11,14-15,21H,7-10H2,1-2H3,(H,22,23)/t15-/m0/s1. The Morgan fingerprint density at radius 3 is 2.25 bits per heavy atom. The van der Waals surface area contributed by atoms with Crippen molar-refractivity contribution in [1.29, 1.82) is 0 Å². The second-order valence-corrected chi connectivity index (χ2v) is 6.34. The summed E-state index contributed by atoms with van der Waals surface area (Å²) in [7, 11) is 0. The minimum absolute atomic E-state index is 0.0577. The first-order valence-electron chi connectivity index (χ1n) is 8.09. The molecule has 0 radical (unpaired) electrons. The van der Waals surface area contributed by atoms with E-state index in [0.29, 0.717) is 18.9 Å². The Labute approximate surface area is 139 Å². The van der Waals surface area contributed by atoms with Gasteiger partial charge in [0.1, 0.15) is 0 Å². The minimum atomic E-state index is -4.38. The number of benzene rings is 1. The number of rotatable bonds is 5. The highest BCUT2D eigenvalue weighted by Crippen LogP contribution is 2.29. The van der Waals surface area contributed by atoms with Crippen molar-refractivity contribution in [2.24, 2.45) is 5.92 Å². The number of carbonyl (C=O) groups excluding carboxylic acids is 1. The lowest BCUT2D eigenvalue weighted by Crippen LogP contribution is -2.50. The van der Waals surface area contributed by atoms with Gasteiger partial charge in [0.25, 0.3) is 0 Å². The van der Waals surface area contributed by atoms with Crippen LogP contribution in [-0.2, 0) is 15.7 Å². The Morgan fingerprint density at radius 2 is 1.75 bits per heavy atom. The van der Waals surface area contributed by atoms with Gasteiger partial charge in [0, 0.05) is 24.9 Å².